The van der Waals surface area contributed by atoms with Crippen LogP contribution in [0.3, 0.4) is 0 Å². The van der Waals surface area contributed by atoms with E-state index in [1.807, 2.05) is 31.2 Å². The smallest absolute Gasteiger partial charge is 0.254 e. The number of benzene rings is 2. The Morgan fingerprint density at radius 3 is 2.46 bits per heavy atom. The summed E-state index contributed by atoms with van der Waals surface area (Å²) < 4.78 is 0. The van der Waals surface area contributed by atoms with E-state index < -0.39 is 6.23 Å². The molecule has 0 spiro atoms. The summed E-state index contributed by atoms with van der Waals surface area (Å²) in [6, 6.07) is 14.7. The second-order valence-corrected chi connectivity index (χ2v) is 6.47. The van der Waals surface area contributed by atoms with E-state index in [1.54, 1.807) is 24.3 Å². The van der Waals surface area contributed by atoms with Crippen LogP contribution >= 0.6 is 0 Å². The maximum atomic E-state index is 12.6. The molecule has 3 aromatic rings. The lowest BCUT2D eigenvalue weighted by molar-refractivity contribution is -0.116. The van der Waals surface area contributed by atoms with Crippen molar-refractivity contribution in [1.82, 2.24) is 10.3 Å². The van der Waals surface area contributed by atoms with Crippen molar-refractivity contribution < 1.29 is 14.7 Å². The summed E-state index contributed by atoms with van der Waals surface area (Å²) >= 11 is 0. The topological polar surface area (TPSA) is 82.2 Å². The largest absolute Gasteiger partial charge is 0.369 e. The molecule has 5 nitrogen and oxygen atoms in total. The van der Waals surface area contributed by atoms with Crippen LogP contribution in [-0.4, -0.2) is 28.0 Å². The summed E-state index contributed by atoms with van der Waals surface area (Å²) in [6.45, 7) is 3.42. The first kappa shape index (κ1) is 16.3. The van der Waals surface area contributed by atoms with Gasteiger partial charge in [0.15, 0.2) is 12.0 Å². The van der Waals surface area contributed by atoms with Gasteiger partial charge in [-0.05, 0) is 25.5 Å². The minimum atomic E-state index is -1.09. The van der Waals surface area contributed by atoms with Gasteiger partial charge in [-0.25, -0.2) is 0 Å². The van der Waals surface area contributed by atoms with Gasteiger partial charge in [0.2, 0.25) is 0 Å². The number of rotatable bonds is 3. The first-order valence-electron chi connectivity index (χ1n) is 8.39. The van der Waals surface area contributed by atoms with Crippen molar-refractivity contribution in [1.29, 1.82) is 0 Å². The summed E-state index contributed by atoms with van der Waals surface area (Å²) in [5.74, 6) is -0.338. The number of aliphatic hydroxyl groups excluding tert-OH is 1. The fraction of sp³-hybridized carbons (Fsp3) is 0.143. The number of H-pyrrole nitrogens is 1. The van der Waals surface area contributed by atoms with E-state index >= 15 is 0 Å². The third-order valence-corrected chi connectivity index (χ3v) is 4.78. The summed E-state index contributed by atoms with van der Waals surface area (Å²) in [5.41, 5.74) is 4.88. The van der Waals surface area contributed by atoms with Crippen LogP contribution in [0, 0.1) is 6.92 Å². The number of amides is 1. The lowest BCUT2D eigenvalue weighted by Gasteiger charge is -2.10. The van der Waals surface area contributed by atoms with Gasteiger partial charge in [-0.1, -0.05) is 42.5 Å². The number of hydrogen-bond acceptors (Lipinski definition) is 3. The molecule has 1 aliphatic rings. The molecule has 0 saturated heterocycles. The Bertz CT molecular complexity index is 1070. The van der Waals surface area contributed by atoms with E-state index in [-0.39, 0.29) is 11.7 Å². The zero-order valence-corrected chi connectivity index (χ0v) is 14.5. The Morgan fingerprint density at radius 1 is 1.08 bits per heavy atom. The predicted octanol–water partition coefficient (Wildman–Crippen LogP) is 3.04. The zero-order chi connectivity index (χ0) is 18.4. The SMILES string of the molecule is CC(=O)c1ccc(C2=C(c3c(C)[nH]c4ccccc34)C(=O)NC2O)cc1. The van der Waals surface area contributed by atoms with Gasteiger partial charge in [0.05, 0.1) is 5.57 Å². The molecule has 130 valence electrons. The number of hydrogen-bond donors (Lipinski definition) is 3. The number of carbonyl (C=O) groups excluding carboxylic acids is 2. The van der Waals surface area contributed by atoms with Crippen LogP contribution in [0.2, 0.25) is 0 Å². The zero-order valence-electron chi connectivity index (χ0n) is 14.5. The minimum Gasteiger partial charge on any atom is -0.369 e. The minimum absolute atomic E-state index is 0.0283. The summed E-state index contributed by atoms with van der Waals surface area (Å²) in [7, 11) is 0. The molecule has 5 heteroatoms. The Labute approximate surface area is 150 Å². The monoisotopic (exact) mass is 346 g/mol. The summed E-state index contributed by atoms with van der Waals surface area (Å²) in [6.07, 6.45) is -1.09. The number of fused-ring (bicyclic) bond motifs is 1. The average Bonchev–Trinajstić information content (AvgIpc) is 3.09. The number of para-hydroxylation sites is 1. The van der Waals surface area contributed by atoms with Gasteiger partial charge in [0.25, 0.3) is 5.91 Å². The molecule has 0 aliphatic carbocycles. The van der Waals surface area contributed by atoms with Gasteiger partial charge in [-0.15, -0.1) is 0 Å². The van der Waals surface area contributed by atoms with Crippen LogP contribution in [0.4, 0.5) is 0 Å². The number of aromatic nitrogens is 1. The number of aryl methyl sites for hydroxylation is 1. The normalized spacial score (nSPS) is 17.0. The highest BCUT2D eigenvalue weighted by atomic mass is 16.3. The molecule has 1 unspecified atom stereocenters. The van der Waals surface area contributed by atoms with E-state index in [2.05, 4.69) is 10.3 Å². The van der Waals surface area contributed by atoms with Crippen molar-refractivity contribution >= 4 is 33.7 Å². The first-order chi connectivity index (χ1) is 12.5. The standard InChI is InChI=1S/C21H18N2O3/c1-11-17(15-5-3-4-6-16(15)22-11)19-18(20(25)23-21(19)26)14-9-7-13(8-10-14)12(2)24/h3-10,20,22,25H,1-2H3,(H,23,26). The molecule has 1 aliphatic heterocycles. The predicted molar refractivity (Wildman–Crippen MR) is 100 cm³/mol. The van der Waals surface area contributed by atoms with E-state index in [0.717, 1.165) is 22.2 Å². The fourth-order valence-electron chi connectivity index (χ4n) is 3.56. The number of carbonyl (C=O) groups is 2. The van der Waals surface area contributed by atoms with E-state index in [9.17, 15) is 14.7 Å². The molecule has 1 amide bonds. The summed E-state index contributed by atoms with van der Waals surface area (Å²) in [4.78, 5) is 27.4. The molecule has 2 heterocycles. The van der Waals surface area contributed by atoms with Crippen LogP contribution in [0.15, 0.2) is 48.5 Å². The molecule has 4 rings (SSSR count). The third-order valence-electron chi connectivity index (χ3n) is 4.78. The molecule has 0 radical (unpaired) electrons. The van der Waals surface area contributed by atoms with Crippen molar-refractivity contribution in [2.75, 3.05) is 0 Å². The maximum absolute atomic E-state index is 12.6. The van der Waals surface area contributed by atoms with Gasteiger partial charge in [-0.2, -0.15) is 0 Å². The van der Waals surface area contributed by atoms with Crippen molar-refractivity contribution in [3.8, 4) is 0 Å². The molecule has 0 saturated carbocycles. The number of nitrogens with one attached hydrogen (secondary N) is 2. The van der Waals surface area contributed by atoms with E-state index in [0.29, 0.717) is 22.3 Å². The highest BCUT2D eigenvalue weighted by Crippen LogP contribution is 2.38. The maximum Gasteiger partial charge on any atom is 0.254 e. The number of aliphatic hydroxyl groups is 1. The highest BCUT2D eigenvalue weighted by molar-refractivity contribution is 6.33. The van der Waals surface area contributed by atoms with Gasteiger partial charge >= 0.3 is 0 Å². The van der Waals surface area contributed by atoms with Gasteiger partial charge in [0.1, 0.15) is 0 Å². The van der Waals surface area contributed by atoms with Crippen molar-refractivity contribution in [2.24, 2.45) is 0 Å². The molecule has 1 atom stereocenters. The van der Waals surface area contributed by atoms with Crippen LogP contribution < -0.4 is 5.32 Å². The number of aromatic amines is 1. The Balaban J connectivity index is 1.97. The molecule has 26 heavy (non-hydrogen) atoms. The third kappa shape index (κ3) is 2.45. The van der Waals surface area contributed by atoms with E-state index in [4.69, 9.17) is 0 Å². The molecule has 0 bridgehead atoms. The Hall–Kier alpha value is -3.18. The Morgan fingerprint density at radius 2 is 1.77 bits per heavy atom. The van der Waals surface area contributed by atoms with Crippen molar-refractivity contribution in [2.45, 2.75) is 20.1 Å². The quantitative estimate of drug-likeness (QED) is 0.638. The van der Waals surface area contributed by atoms with Crippen LogP contribution in [0.1, 0.15) is 34.1 Å². The van der Waals surface area contributed by atoms with Crippen LogP contribution in [0.25, 0.3) is 22.0 Å². The highest BCUT2D eigenvalue weighted by Gasteiger charge is 2.34. The van der Waals surface area contributed by atoms with Gasteiger partial charge in [0, 0.05) is 33.3 Å². The average molecular weight is 346 g/mol. The Kier molecular flexibility index (Phi) is 3.74. The van der Waals surface area contributed by atoms with Crippen LogP contribution in [-0.2, 0) is 4.79 Å². The number of Topliss-reactive ketones (excluding diaryl/α,β-unsaturated/α-hetero) is 1. The first-order valence-corrected chi connectivity index (χ1v) is 8.39. The number of ketones is 1. The lowest BCUT2D eigenvalue weighted by atomic mass is 9.93. The molecule has 3 N–H and O–H groups in total. The van der Waals surface area contributed by atoms with Crippen molar-refractivity contribution in [3.63, 3.8) is 0 Å². The second kappa shape index (κ2) is 5.97. The summed E-state index contributed by atoms with van der Waals surface area (Å²) in [5, 5.41) is 14.0. The molecular formula is C21H18N2O3. The molecule has 0 fully saturated rings. The van der Waals surface area contributed by atoms with Crippen molar-refractivity contribution in [3.05, 3.63) is 70.9 Å². The van der Waals surface area contributed by atoms with E-state index in [1.165, 1.54) is 6.92 Å². The molecular weight excluding hydrogens is 328 g/mol. The molecule has 1 aromatic heterocycles. The molecule has 2 aromatic carbocycles. The second-order valence-electron chi connectivity index (χ2n) is 6.47. The van der Waals surface area contributed by atoms with Gasteiger partial charge in [-0.3, -0.25) is 9.59 Å². The fourth-order valence-corrected chi connectivity index (χ4v) is 3.56. The van der Waals surface area contributed by atoms with Gasteiger partial charge < -0.3 is 15.4 Å². The van der Waals surface area contributed by atoms with Crippen LogP contribution in [0.5, 0.6) is 0 Å². The lowest BCUT2D eigenvalue weighted by Crippen LogP contribution is -2.27.